The number of nitrogens with zero attached hydrogens (tertiary/aromatic N) is 2. The van der Waals surface area contributed by atoms with Crippen molar-refractivity contribution in [3.05, 3.63) is 53.1 Å². The minimum Gasteiger partial charge on any atom is -0.493 e. The van der Waals surface area contributed by atoms with Crippen LogP contribution in [0, 0.1) is 25.2 Å². The van der Waals surface area contributed by atoms with Gasteiger partial charge in [-0.25, -0.2) is 0 Å². The molecule has 0 aromatic heterocycles. The fraction of sp³-hybridized carbons (Fsp3) is 0.286. The van der Waals surface area contributed by atoms with Crippen molar-refractivity contribution in [3.63, 3.8) is 0 Å². The Hall–Kier alpha value is -3.53. The molecule has 0 aliphatic rings. The number of likely N-dealkylation sites (N-methyl/N-ethyl adjacent to an activating group) is 1. The van der Waals surface area contributed by atoms with Gasteiger partial charge in [-0.05, 0) is 37.1 Å². The molecule has 2 aromatic carbocycles. The number of ether oxygens (including phenoxy) is 2. The number of benzene rings is 2. The SMILES string of the molecule is COc1cc(C#N)ccc1OCC(=O)N(C)CC(=O)Nc1c(C)cccc1C. The molecule has 0 heterocycles. The van der Waals surface area contributed by atoms with Gasteiger partial charge < -0.3 is 19.7 Å². The molecule has 0 atom stereocenters. The van der Waals surface area contributed by atoms with Gasteiger partial charge in [-0.2, -0.15) is 5.26 Å². The molecular formula is C21H23N3O4. The Kier molecular flexibility index (Phi) is 6.99. The fourth-order valence-electron chi connectivity index (χ4n) is 2.60. The minimum absolute atomic E-state index is 0.0968. The largest absolute Gasteiger partial charge is 0.493 e. The standard InChI is InChI=1S/C21H23N3O4/c1-14-6-5-7-15(2)21(14)23-19(25)12-24(3)20(26)13-28-17-9-8-16(11-22)10-18(17)27-4/h5-10H,12-13H2,1-4H3,(H,23,25). The molecule has 2 aromatic rings. The lowest BCUT2D eigenvalue weighted by Crippen LogP contribution is -2.37. The third kappa shape index (κ3) is 5.24. The van der Waals surface area contributed by atoms with Gasteiger partial charge in [-0.15, -0.1) is 0 Å². The van der Waals surface area contributed by atoms with E-state index in [9.17, 15) is 9.59 Å². The van der Waals surface area contributed by atoms with Gasteiger partial charge in [0.05, 0.1) is 25.3 Å². The summed E-state index contributed by atoms with van der Waals surface area (Å²) in [5.41, 5.74) is 3.10. The maximum atomic E-state index is 12.3. The number of hydrogen-bond donors (Lipinski definition) is 1. The highest BCUT2D eigenvalue weighted by Crippen LogP contribution is 2.27. The molecule has 0 bridgehead atoms. The van der Waals surface area contributed by atoms with Crippen LogP contribution in [0.2, 0.25) is 0 Å². The second-order valence-electron chi connectivity index (χ2n) is 6.33. The normalized spacial score (nSPS) is 9.96. The Morgan fingerprint density at radius 2 is 1.82 bits per heavy atom. The molecule has 0 fully saturated rings. The lowest BCUT2D eigenvalue weighted by molar-refractivity contribution is -0.135. The smallest absolute Gasteiger partial charge is 0.260 e. The van der Waals surface area contributed by atoms with Crippen LogP contribution in [-0.2, 0) is 9.59 Å². The molecule has 1 N–H and O–H groups in total. The maximum Gasteiger partial charge on any atom is 0.260 e. The van der Waals surface area contributed by atoms with E-state index in [2.05, 4.69) is 5.32 Å². The molecule has 0 spiro atoms. The van der Waals surface area contributed by atoms with Gasteiger partial charge in [-0.1, -0.05) is 18.2 Å². The molecule has 2 rings (SSSR count). The summed E-state index contributed by atoms with van der Waals surface area (Å²) in [6, 6.07) is 12.4. The highest BCUT2D eigenvalue weighted by atomic mass is 16.5. The third-order valence-electron chi connectivity index (χ3n) is 4.20. The van der Waals surface area contributed by atoms with Gasteiger partial charge in [0.15, 0.2) is 18.1 Å². The number of anilines is 1. The second-order valence-corrected chi connectivity index (χ2v) is 6.33. The summed E-state index contributed by atoms with van der Waals surface area (Å²) >= 11 is 0. The van der Waals surface area contributed by atoms with E-state index in [4.69, 9.17) is 14.7 Å². The number of methoxy groups -OCH3 is 1. The number of carbonyl (C=O) groups excluding carboxylic acids is 2. The fourth-order valence-corrected chi connectivity index (χ4v) is 2.60. The zero-order valence-corrected chi connectivity index (χ0v) is 16.4. The molecule has 0 saturated heterocycles. The molecule has 0 aliphatic carbocycles. The predicted molar refractivity (Wildman–Crippen MR) is 105 cm³/mol. The number of amides is 2. The van der Waals surface area contributed by atoms with E-state index in [0.717, 1.165) is 16.8 Å². The van der Waals surface area contributed by atoms with Crippen LogP contribution in [0.25, 0.3) is 0 Å². The first-order valence-electron chi connectivity index (χ1n) is 8.66. The van der Waals surface area contributed by atoms with E-state index in [1.807, 2.05) is 38.1 Å². The van der Waals surface area contributed by atoms with Crippen LogP contribution in [0.3, 0.4) is 0 Å². The van der Waals surface area contributed by atoms with Crippen LogP contribution in [0.4, 0.5) is 5.69 Å². The monoisotopic (exact) mass is 381 g/mol. The van der Waals surface area contributed by atoms with E-state index < -0.39 is 0 Å². The highest BCUT2D eigenvalue weighted by molar-refractivity contribution is 5.95. The molecular weight excluding hydrogens is 358 g/mol. The summed E-state index contributed by atoms with van der Waals surface area (Å²) in [5, 5.41) is 11.8. The van der Waals surface area contributed by atoms with Crippen LogP contribution in [0.5, 0.6) is 11.5 Å². The Balaban J connectivity index is 1.92. The van der Waals surface area contributed by atoms with Crippen molar-refractivity contribution >= 4 is 17.5 Å². The minimum atomic E-state index is -0.358. The average molecular weight is 381 g/mol. The first-order chi connectivity index (χ1) is 13.3. The number of carbonyl (C=O) groups is 2. The number of para-hydroxylation sites is 1. The van der Waals surface area contributed by atoms with Crippen molar-refractivity contribution in [3.8, 4) is 17.6 Å². The third-order valence-corrected chi connectivity index (χ3v) is 4.20. The van der Waals surface area contributed by atoms with E-state index in [1.54, 1.807) is 12.1 Å². The first kappa shape index (κ1) is 20.8. The van der Waals surface area contributed by atoms with Crippen LogP contribution < -0.4 is 14.8 Å². The van der Waals surface area contributed by atoms with E-state index in [1.165, 1.54) is 25.1 Å². The van der Waals surface area contributed by atoms with Crippen molar-refractivity contribution in [2.24, 2.45) is 0 Å². The molecule has 0 radical (unpaired) electrons. The molecule has 0 aliphatic heterocycles. The summed E-state index contributed by atoms with van der Waals surface area (Å²) in [6.07, 6.45) is 0. The topological polar surface area (TPSA) is 91.7 Å². The van der Waals surface area contributed by atoms with Gasteiger partial charge in [-0.3, -0.25) is 9.59 Å². The number of hydrogen-bond acceptors (Lipinski definition) is 5. The van der Waals surface area contributed by atoms with Crippen molar-refractivity contribution < 1.29 is 19.1 Å². The number of nitrogens with one attached hydrogen (secondary N) is 1. The summed E-state index contributed by atoms with van der Waals surface area (Å²) in [6.45, 7) is 3.47. The lowest BCUT2D eigenvalue weighted by atomic mass is 10.1. The zero-order chi connectivity index (χ0) is 20.7. The van der Waals surface area contributed by atoms with E-state index in [0.29, 0.717) is 17.1 Å². The van der Waals surface area contributed by atoms with Crippen LogP contribution >= 0.6 is 0 Å². The molecule has 0 saturated carbocycles. The summed E-state index contributed by atoms with van der Waals surface area (Å²) < 4.78 is 10.7. The van der Waals surface area contributed by atoms with Crippen molar-refractivity contribution in [2.45, 2.75) is 13.8 Å². The van der Waals surface area contributed by atoms with Crippen molar-refractivity contribution in [2.75, 3.05) is 32.6 Å². The molecule has 2 amide bonds. The van der Waals surface area contributed by atoms with Crippen molar-refractivity contribution in [1.29, 1.82) is 5.26 Å². The predicted octanol–water partition coefficient (Wildman–Crippen LogP) is 2.66. The Morgan fingerprint density at radius 1 is 1.14 bits per heavy atom. The zero-order valence-electron chi connectivity index (χ0n) is 16.4. The summed E-state index contributed by atoms with van der Waals surface area (Å²) in [5.74, 6) is 0.0674. The van der Waals surface area contributed by atoms with Crippen LogP contribution in [0.1, 0.15) is 16.7 Å². The summed E-state index contributed by atoms with van der Waals surface area (Å²) in [7, 11) is 2.99. The van der Waals surface area contributed by atoms with Gasteiger partial charge >= 0.3 is 0 Å². The van der Waals surface area contributed by atoms with Gasteiger partial charge in [0.1, 0.15) is 0 Å². The second kappa shape index (κ2) is 9.42. The number of nitriles is 1. The maximum absolute atomic E-state index is 12.3. The molecule has 0 unspecified atom stereocenters. The molecule has 28 heavy (non-hydrogen) atoms. The number of rotatable bonds is 7. The average Bonchev–Trinajstić information content (AvgIpc) is 2.68. The molecule has 146 valence electrons. The van der Waals surface area contributed by atoms with E-state index in [-0.39, 0.29) is 25.0 Å². The van der Waals surface area contributed by atoms with Crippen molar-refractivity contribution in [1.82, 2.24) is 4.90 Å². The number of aryl methyl sites for hydroxylation is 2. The van der Waals surface area contributed by atoms with Crippen LogP contribution in [-0.4, -0.2) is 44.0 Å². The Bertz CT molecular complexity index is 898. The summed E-state index contributed by atoms with van der Waals surface area (Å²) in [4.78, 5) is 25.9. The Morgan fingerprint density at radius 3 is 2.43 bits per heavy atom. The van der Waals surface area contributed by atoms with E-state index >= 15 is 0 Å². The Labute approximate surface area is 164 Å². The van der Waals surface area contributed by atoms with Crippen LogP contribution in [0.15, 0.2) is 36.4 Å². The van der Waals surface area contributed by atoms with Gasteiger partial charge in [0.2, 0.25) is 5.91 Å². The van der Waals surface area contributed by atoms with Gasteiger partial charge in [0, 0.05) is 18.8 Å². The van der Waals surface area contributed by atoms with Gasteiger partial charge in [0.25, 0.3) is 5.91 Å². The molecule has 7 nitrogen and oxygen atoms in total. The quantitative estimate of drug-likeness (QED) is 0.796. The highest BCUT2D eigenvalue weighted by Gasteiger charge is 2.16. The first-order valence-corrected chi connectivity index (χ1v) is 8.66. The molecule has 7 heteroatoms. The lowest BCUT2D eigenvalue weighted by Gasteiger charge is -2.19.